The molecule has 0 unspecified atom stereocenters. The predicted octanol–water partition coefficient (Wildman–Crippen LogP) is 3.69. The van der Waals surface area contributed by atoms with E-state index in [0.717, 1.165) is 22.0 Å². The second-order valence-electron chi connectivity index (χ2n) is 4.66. The van der Waals surface area contributed by atoms with E-state index in [1.54, 1.807) is 11.3 Å². The summed E-state index contributed by atoms with van der Waals surface area (Å²) in [5.74, 6) is 0. The maximum atomic E-state index is 4.51. The zero-order chi connectivity index (χ0) is 12.9. The van der Waals surface area contributed by atoms with Gasteiger partial charge in [0, 0.05) is 5.69 Å². The van der Waals surface area contributed by atoms with Crippen LogP contribution in [0.3, 0.4) is 0 Å². The molecule has 0 aliphatic heterocycles. The van der Waals surface area contributed by atoms with Crippen molar-refractivity contribution in [2.24, 2.45) is 0 Å². The summed E-state index contributed by atoms with van der Waals surface area (Å²) in [7, 11) is 0. The highest BCUT2D eigenvalue weighted by molar-refractivity contribution is 7.15. The number of hydrogen-bond acceptors (Lipinski definition) is 3. The van der Waals surface area contributed by atoms with Gasteiger partial charge in [0.15, 0.2) is 0 Å². The number of aryl methyl sites for hydroxylation is 4. The lowest BCUT2D eigenvalue weighted by Crippen LogP contribution is -1.94. The largest absolute Gasteiger partial charge is 0.296 e. The van der Waals surface area contributed by atoms with E-state index in [-0.39, 0.29) is 0 Å². The smallest absolute Gasteiger partial charge is 0.137 e. The van der Waals surface area contributed by atoms with E-state index >= 15 is 0 Å². The Morgan fingerprint density at radius 1 is 1.11 bits per heavy atom. The Kier molecular flexibility index (Phi) is 2.48. The second kappa shape index (κ2) is 3.92. The quantitative estimate of drug-likeness (QED) is 0.665. The first-order chi connectivity index (χ1) is 8.56. The molecule has 0 spiro atoms. The van der Waals surface area contributed by atoms with E-state index in [9.17, 15) is 0 Å². The summed E-state index contributed by atoms with van der Waals surface area (Å²) < 4.78 is 2.20. The van der Waals surface area contributed by atoms with Crippen molar-refractivity contribution in [3.8, 4) is 10.6 Å². The van der Waals surface area contributed by atoms with Crippen LogP contribution in [0.5, 0.6) is 0 Å². The zero-order valence-corrected chi connectivity index (χ0v) is 11.8. The number of hydrogen-bond donors (Lipinski definition) is 0. The van der Waals surface area contributed by atoms with Gasteiger partial charge in [-0.25, -0.2) is 9.97 Å². The zero-order valence-electron chi connectivity index (χ0n) is 11.0. The van der Waals surface area contributed by atoms with Crippen molar-refractivity contribution in [1.29, 1.82) is 0 Å². The summed E-state index contributed by atoms with van der Waals surface area (Å²) in [5.41, 5.74) is 5.69. The van der Waals surface area contributed by atoms with Crippen LogP contribution in [0, 0.1) is 27.7 Å². The van der Waals surface area contributed by atoms with Gasteiger partial charge in [0.1, 0.15) is 5.65 Å². The standard InChI is InChI=1S/C14H15N3S/c1-8-5-9(2)17-12(7-15-13(17)6-8)14-10(3)16-11(4)18-14/h5-7H,1-4H3. The maximum absolute atomic E-state index is 4.51. The van der Waals surface area contributed by atoms with Crippen molar-refractivity contribution in [3.63, 3.8) is 0 Å². The van der Waals surface area contributed by atoms with Crippen LogP contribution in [0.4, 0.5) is 0 Å². The fraction of sp³-hybridized carbons (Fsp3) is 0.286. The minimum absolute atomic E-state index is 1.01. The average Bonchev–Trinajstić information content (AvgIpc) is 2.81. The number of pyridine rings is 1. The Bertz CT molecular complexity index is 737. The first-order valence-corrected chi connectivity index (χ1v) is 6.77. The summed E-state index contributed by atoms with van der Waals surface area (Å²) in [5, 5.41) is 1.10. The second-order valence-corrected chi connectivity index (χ2v) is 5.86. The molecular formula is C14H15N3S. The molecule has 0 aliphatic carbocycles. The fourth-order valence-electron chi connectivity index (χ4n) is 2.41. The van der Waals surface area contributed by atoms with Crippen molar-refractivity contribution in [3.05, 3.63) is 40.3 Å². The minimum Gasteiger partial charge on any atom is -0.296 e. The molecule has 3 nitrogen and oxygen atoms in total. The Morgan fingerprint density at radius 2 is 1.89 bits per heavy atom. The van der Waals surface area contributed by atoms with Gasteiger partial charge in [-0.05, 0) is 45.4 Å². The SMILES string of the molecule is Cc1cc(C)n2c(-c3sc(C)nc3C)cnc2c1. The summed E-state index contributed by atoms with van der Waals surface area (Å²) in [6, 6.07) is 4.29. The molecule has 0 aliphatic rings. The van der Waals surface area contributed by atoms with Crippen LogP contribution in [0.2, 0.25) is 0 Å². The van der Waals surface area contributed by atoms with E-state index in [1.165, 1.54) is 16.1 Å². The fourth-order valence-corrected chi connectivity index (χ4v) is 3.33. The van der Waals surface area contributed by atoms with Crippen molar-refractivity contribution < 1.29 is 0 Å². The number of thiazole rings is 1. The van der Waals surface area contributed by atoms with E-state index in [1.807, 2.05) is 13.1 Å². The number of fused-ring (bicyclic) bond motifs is 1. The average molecular weight is 257 g/mol. The molecule has 3 aromatic heterocycles. The minimum atomic E-state index is 1.01. The summed E-state index contributed by atoms with van der Waals surface area (Å²) in [6.45, 7) is 8.32. The van der Waals surface area contributed by atoms with Gasteiger partial charge < -0.3 is 0 Å². The molecule has 0 N–H and O–H groups in total. The number of rotatable bonds is 1. The number of imidazole rings is 1. The van der Waals surface area contributed by atoms with Crippen LogP contribution in [-0.2, 0) is 0 Å². The molecule has 0 aromatic carbocycles. The molecule has 3 rings (SSSR count). The number of nitrogens with zero attached hydrogens (tertiary/aromatic N) is 3. The number of aromatic nitrogens is 3. The highest BCUT2D eigenvalue weighted by Gasteiger charge is 2.13. The molecule has 4 heteroatoms. The molecule has 0 bridgehead atoms. The van der Waals surface area contributed by atoms with E-state index in [0.29, 0.717) is 0 Å². The third-order valence-electron chi connectivity index (χ3n) is 3.07. The molecule has 0 amide bonds. The van der Waals surface area contributed by atoms with Gasteiger partial charge in [0.05, 0.1) is 27.5 Å². The van der Waals surface area contributed by atoms with E-state index in [2.05, 4.69) is 47.3 Å². The molecule has 0 fully saturated rings. The van der Waals surface area contributed by atoms with Gasteiger partial charge in [0.25, 0.3) is 0 Å². The molecule has 0 atom stereocenters. The molecule has 0 radical (unpaired) electrons. The first kappa shape index (κ1) is 11.4. The lowest BCUT2D eigenvalue weighted by atomic mass is 10.2. The van der Waals surface area contributed by atoms with Gasteiger partial charge in [-0.3, -0.25) is 4.40 Å². The highest BCUT2D eigenvalue weighted by atomic mass is 32.1. The van der Waals surface area contributed by atoms with Crippen molar-refractivity contribution in [2.45, 2.75) is 27.7 Å². The van der Waals surface area contributed by atoms with Gasteiger partial charge >= 0.3 is 0 Å². The van der Waals surface area contributed by atoms with Crippen molar-refractivity contribution >= 4 is 17.0 Å². The van der Waals surface area contributed by atoms with Crippen LogP contribution in [0.1, 0.15) is 22.0 Å². The first-order valence-electron chi connectivity index (χ1n) is 5.95. The van der Waals surface area contributed by atoms with Crippen LogP contribution < -0.4 is 0 Å². The van der Waals surface area contributed by atoms with Crippen LogP contribution in [0.25, 0.3) is 16.2 Å². The van der Waals surface area contributed by atoms with Crippen LogP contribution >= 0.6 is 11.3 Å². The monoisotopic (exact) mass is 257 g/mol. The van der Waals surface area contributed by atoms with E-state index < -0.39 is 0 Å². The Hall–Kier alpha value is -1.68. The molecular weight excluding hydrogens is 242 g/mol. The summed E-state index contributed by atoms with van der Waals surface area (Å²) >= 11 is 1.73. The lowest BCUT2D eigenvalue weighted by Gasteiger charge is -2.05. The third-order valence-corrected chi connectivity index (χ3v) is 4.17. The Balaban J connectivity index is 2.34. The highest BCUT2D eigenvalue weighted by Crippen LogP contribution is 2.31. The van der Waals surface area contributed by atoms with Gasteiger partial charge in [0.2, 0.25) is 0 Å². The van der Waals surface area contributed by atoms with Gasteiger partial charge in [-0.2, -0.15) is 0 Å². The Labute approximate surface area is 110 Å². The third kappa shape index (κ3) is 1.64. The molecule has 0 saturated heterocycles. The van der Waals surface area contributed by atoms with Crippen LogP contribution in [0.15, 0.2) is 18.3 Å². The lowest BCUT2D eigenvalue weighted by molar-refractivity contribution is 1.08. The molecule has 18 heavy (non-hydrogen) atoms. The predicted molar refractivity (Wildman–Crippen MR) is 75.2 cm³/mol. The van der Waals surface area contributed by atoms with Crippen LogP contribution in [-0.4, -0.2) is 14.4 Å². The van der Waals surface area contributed by atoms with Gasteiger partial charge in [-0.15, -0.1) is 11.3 Å². The topological polar surface area (TPSA) is 30.2 Å². The molecule has 3 aromatic rings. The molecule has 0 saturated carbocycles. The maximum Gasteiger partial charge on any atom is 0.137 e. The van der Waals surface area contributed by atoms with E-state index in [4.69, 9.17) is 0 Å². The normalized spacial score (nSPS) is 11.3. The molecule has 3 heterocycles. The molecule has 92 valence electrons. The Morgan fingerprint density at radius 3 is 2.56 bits per heavy atom. The summed E-state index contributed by atoms with van der Waals surface area (Å²) in [4.78, 5) is 10.2. The summed E-state index contributed by atoms with van der Waals surface area (Å²) in [6.07, 6.45) is 1.95. The van der Waals surface area contributed by atoms with Crippen molar-refractivity contribution in [1.82, 2.24) is 14.4 Å². The van der Waals surface area contributed by atoms with Crippen molar-refractivity contribution in [2.75, 3.05) is 0 Å². The van der Waals surface area contributed by atoms with Gasteiger partial charge in [-0.1, -0.05) is 0 Å².